The molecule has 0 aliphatic carbocycles. The molecule has 2 aromatic rings. The van der Waals surface area contributed by atoms with E-state index in [1.807, 2.05) is 42.5 Å². The average molecular weight is 359 g/mol. The Morgan fingerprint density at radius 3 is 2.44 bits per heavy atom. The number of hydrogen-bond donors (Lipinski definition) is 0. The van der Waals surface area contributed by atoms with Crippen molar-refractivity contribution in [3.8, 4) is 5.75 Å². The molecule has 1 aliphatic rings. The molecule has 0 spiro atoms. The maximum Gasteiger partial charge on any atom is 0.218 e. The maximum atomic E-state index is 12.9. The Morgan fingerprint density at radius 1 is 1.04 bits per heavy atom. The summed E-state index contributed by atoms with van der Waals surface area (Å²) in [7, 11) is -1.65. The van der Waals surface area contributed by atoms with Gasteiger partial charge in [-0.05, 0) is 42.0 Å². The van der Waals surface area contributed by atoms with E-state index in [0.29, 0.717) is 13.1 Å². The molecule has 1 atom stereocenters. The van der Waals surface area contributed by atoms with Gasteiger partial charge in [-0.1, -0.05) is 48.9 Å². The van der Waals surface area contributed by atoms with Crippen LogP contribution >= 0.6 is 0 Å². The Bertz CT molecular complexity index is 772. The quantitative estimate of drug-likeness (QED) is 0.816. The summed E-state index contributed by atoms with van der Waals surface area (Å²) in [6.45, 7) is 1.17. The zero-order valence-corrected chi connectivity index (χ0v) is 15.4. The Labute approximate surface area is 150 Å². The van der Waals surface area contributed by atoms with Gasteiger partial charge in [0.2, 0.25) is 10.0 Å². The molecule has 0 radical (unpaired) electrons. The van der Waals surface area contributed by atoms with E-state index in [4.69, 9.17) is 4.74 Å². The highest BCUT2D eigenvalue weighted by Gasteiger charge is 2.28. The second kappa shape index (κ2) is 8.02. The second-order valence-corrected chi connectivity index (χ2v) is 8.53. The maximum absolute atomic E-state index is 12.9. The van der Waals surface area contributed by atoms with Crippen molar-refractivity contribution in [1.29, 1.82) is 0 Å². The molecule has 1 unspecified atom stereocenters. The monoisotopic (exact) mass is 359 g/mol. The lowest BCUT2D eigenvalue weighted by Gasteiger charge is -2.24. The van der Waals surface area contributed by atoms with Gasteiger partial charge in [0, 0.05) is 13.1 Å². The van der Waals surface area contributed by atoms with Gasteiger partial charge in [0.25, 0.3) is 0 Å². The minimum atomic E-state index is -3.30. The third kappa shape index (κ3) is 4.61. The van der Waals surface area contributed by atoms with Crippen molar-refractivity contribution < 1.29 is 13.2 Å². The molecule has 0 N–H and O–H groups in total. The van der Waals surface area contributed by atoms with Crippen molar-refractivity contribution in [3.63, 3.8) is 0 Å². The first-order chi connectivity index (χ1) is 12.1. The van der Waals surface area contributed by atoms with Crippen LogP contribution in [0.3, 0.4) is 0 Å². The Hall–Kier alpha value is -1.85. The van der Waals surface area contributed by atoms with Gasteiger partial charge in [-0.15, -0.1) is 0 Å². The lowest BCUT2D eigenvalue weighted by Crippen LogP contribution is -2.35. The normalized spacial score (nSPS) is 19.3. The van der Waals surface area contributed by atoms with Gasteiger partial charge in [-0.2, -0.15) is 0 Å². The highest BCUT2D eigenvalue weighted by Crippen LogP contribution is 2.29. The second-order valence-electron chi connectivity index (χ2n) is 6.57. The summed E-state index contributed by atoms with van der Waals surface area (Å²) in [5, 5.41) is 0. The Morgan fingerprint density at radius 2 is 1.76 bits per heavy atom. The SMILES string of the molecule is COc1ccc(C2CCCCN(S(=O)(=O)Cc3ccccc3)C2)cc1. The molecule has 1 saturated heterocycles. The molecule has 0 amide bonds. The van der Waals surface area contributed by atoms with Crippen molar-refractivity contribution in [3.05, 3.63) is 65.7 Å². The number of rotatable bonds is 5. The fourth-order valence-electron chi connectivity index (χ4n) is 3.38. The topological polar surface area (TPSA) is 46.6 Å². The molecule has 1 heterocycles. The minimum Gasteiger partial charge on any atom is -0.497 e. The zero-order chi connectivity index (χ0) is 17.7. The van der Waals surface area contributed by atoms with Crippen molar-refractivity contribution in [2.24, 2.45) is 0 Å². The summed E-state index contributed by atoms with van der Waals surface area (Å²) < 4.78 is 32.7. The molecular weight excluding hydrogens is 334 g/mol. The minimum absolute atomic E-state index is 0.0726. The molecule has 1 aliphatic heterocycles. The summed E-state index contributed by atoms with van der Waals surface area (Å²) in [5.74, 6) is 1.13. The van der Waals surface area contributed by atoms with Gasteiger partial charge in [-0.3, -0.25) is 0 Å². The highest BCUT2D eigenvalue weighted by molar-refractivity contribution is 7.88. The Balaban J connectivity index is 1.76. The molecule has 3 rings (SSSR count). The van der Waals surface area contributed by atoms with Crippen LogP contribution in [0.15, 0.2) is 54.6 Å². The molecular formula is C20H25NO3S. The van der Waals surface area contributed by atoms with Gasteiger partial charge in [0.05, 0.1) is 12.9 Å². The molecule has 2 aromatic carbocycles. The molecule has 1 fully saturated rings. The van der Waals surface area contributed by atoms with E-state index in [1.54, 1.807) is 11.4 Å². The predicted molar refractivity (Wildman–Crippen MR) is 100 cm³/mol. The molecule has 0 saturated carbocycles. The summed E-state index contributed by atoms with van der Waals surface area (Å²) in [6.07, 6.45) is 2.98. The fourth-order valence-corrected chi connectivity index (χ4v) is 4.99. The van der Waals surface area contributed by atoms with Crippen LogP contribution in [0.4, 0.5) is 0 Å². The van der Waals surface area contributed by atoms with Crippen LogP contribution in [0.25, 0.3) is 0 Å². The van der Waals surface area contributed by atoms with Gasteiger partial charge < -0.3 is 4.74 Å². The van der Waals surface area contributed by atoms with Gasteiger partial charge in [0.1, 0.15) is 5.75 Å². The van der Waals surface area contributed by atoms with Gasteiger partial charge in [0.15, 0.2) is 0 Å². The molecule has 0 bridgehead atoms. The summed E-state index contributed by atoms with van der Waals surface area (Å²) in [4.78, 5) is 0. The number of methoxy groups -OCH3 is 1. The largest absolute Gasteiger partial charge is 0.497 e. The smallest absolute Gasteiger partial charge is 0.218 e. The first kappa shape index (κ1) is 18.0. The first-order valence-electron chi connectivity index (χ1n) is 8.74. The van der Waals surface area contributed by atoms with E-state index >= 15 is 0 Å². The number of ether oxygens (including phenoxy) is 1. The van der Waals surface area contributed by atoms with Crippen molar-refractivity contribution in [2.45, 2.75) is 30.9 Å². The van der Waals surface area contributed by atoms with E-state index in [0.717, 1.165) is 30.6 Å². The third-order valence-corrected chi connectivity index (χ3v) is 6.62. The van der Waals surface area contributed by atoms with Crippen LogP contribution in [-0.4, -0.2) is 32.9 Å². The lowest BCUT2D eigenvalue weighted by atomic mass is 9.94. The van der Waals surface area contributed by atoms with Crippen LogP contribution in [-0.2, 0) is 15.8 Å². The van der Waals surface area contributed by atoms with Crippen LogP contribution in [0, 0.1) is 0 Å². The van der Waals surface area contributed by atoms with E-state index in [-0.39, 0.29) is 11.7 Å². The summed E-state index contributed by atoms with van der Waals surface area (Å²) >= 11 is 0. The van der Waals surface area contributed by atoms with Crippen molar-refractivity contribution in [1.82, 2.24) is 4.31 Å². The molecule has 134 valence electrons. The molecule has 5 heteroatoms. The molecule has 0 aromatic heterocycles. The van der Waals surface area contributed by atoms with Gasteiger partial charge in [-0.25, -0.2) is 12.7 Å². The predicted octanol–water partition coefficient (Wildman–Crippen LogP) is 3.79. The van der Waals surface area contributed by atoms with Crippen molar-refractivity contribution >= 4 is 10.0 Å². The summed E-state index contributed by atoms with van der Waals surface area (Å²) in [5.41, 5.74) is 2.02. The zero-order valence-electron chi connectivity index (χ0n) is 14.6. The molecule has 25 heavy (non-hydrogen) atoms. The number of nitrogens with zero attached hydrogens (tertiary/aromatic N) is 1. The van der Waals surface area contributed by atoms with E-state index in [1.165, 1.54) is 5.56 Å². The first-order valence-corrected chi connectivity index (χ1v) is 10.3. The summed E-state index contributed by atoms with van der Waals surface area (Å²) in [6, 6.07) is 17.4. The van der Waals surface area contributed by atoms with Crippen molar-refractivity contribution in [2.75, 3.05) is 20.2 Å². The molecule has 4 nitrogen and oxygen atoms in total. The highest BCUT2D eigenvalue weighted by atomic mass is 32.2. The van der Waals surface area contributed by atoms with Crippen LogP contribution in [0.5, 0.6) is 5.75 Å². The number of benzene rings is 2. The van der Waals surface area contributed by atoms with Gasteiger partial charge >= 0.3 is 0 Å². The third-order valence-electron chi connectivity index (χ3n) is 4.81. The average Bonchev–Trinajstić information content (AvgIpc) is 2.89. The fraction of sp³-hybridized carbons (Fsp3) is 0.400. The Kier molecular flexibility index (Phi) is 5.76. The lowest BCUT2D eigenvalue weighted by molar-refractivity contribution is 0.404. The standard InChI is InChI=1S/C20H25NO3S/c1-24-20-12-10-18(11-13-20)19-9-5-6-14-21(15-19)25(22,23)16-17-7-3-2-4-8-17/h2-4,7-8,10-13,19H,5-6,9,14-16H2,1H3. The van der Waals surface area contributed by atoms with Crippen LogP contribution in [0.1, 0.15) is 36.3 Å². The van der Waals surface area contributed by atoms with E-state index in [9.17, 15) is 8.42 Å². The van der Waals surface area contributed by atoms with Crippen LogP contribution < -0.4 is 4.74 Å². The number of hydrogen-bond acceptors (Lipinski definition) is 3. The van der Waals surface area contributed by atoms with Crippen LogP contribution in [0.2, 0.25) is 0 Å². The van der Waals surface area contributed by atoms with E-state index in [2.05, 4.69) is 12.1 Å². The van der Waals surface area contributed by atoms with E-state index < -0.39 is 10.0 Å². The number of sulfonamides is 1.